The van der Waals surface area contributed by atoms with Crippen molar-refractivity contribution in [1.82, 2.24) is 4.98 Å². The highest BCUT2D eigenvalue weighted by atomic mass is 19.4. The van der Waals surface area contributed by atoms with E-state index in [0.29, 0.717) is 33.2 Å². The van der Waals surface area contributed by atoms with Crippen molar-refractivity contribution in [3.63, 3.8) is 0 Å². The van der Waals surface area contributed by atoms with Crippen LogP contribution in [0.2, 0.25) is 0 Å². The summed E-state index contributed by atoms with van der Waals surface area (Å²) in [5.41, 5.74) is 0.151. The van der Waals surface area contributed by atoms with Gasteiger partial charge in [0.1, 0.15) is 0 Å². The van der Waals surface area contributed by atoms with Gasteiger partial charge in [-0.25, -0.2) is 4.79 Å². The normalized spacial score (nSPS) is 17.0. The molecule has 2 heterocycles. The Kier molecular flexibility index (Phi) is 5.51. The fourth-order valence-corrected chi connectivity index (χ4v) is 4.27. The number of alkyl halides is 3. The molecule has 3 aromatic carbocycles. The zero-order chi connectivity index (χ0) is 25.5. The number of benzene rings is 3. The van der Waals surface area contributed by atoms with E-state index in [9.17, 15) is 27.9 Å². The van der Waals surface area contributed by atoms with E-state index < -0.39 is 23.2 Å². The van der Waals surface area contributed by atoms with Gasteiger partial charge in [0.05, 0.1) is 16.6 Å². The molecule has 0 bridgehead atoms. The fraction of sp³-hybridized carbons (Fsp3) is 0.0714. The molecule has 0 saturated carbocycles. The van der Waals surface area contributed by atoms with Crippen LogP contribution in [0.15, 0.2) is 96.1 Å². The van der Waals surface area contributed by atoms with Crippen LogP contribution < -0.4 is 0 Å². The maximum atomic E-state index is 14.0. The van der Waals surface area contributed by atoms with Crippen LogP contribution in [0.1, 0.15) is 31.8 Å². The van der Waals surface area contributed by atoms with Gasteiger partial charge >= 0.3 is 12.1 Å². The summed E-state index contributed by atoms with van der Waals surface area (Å²) in [6, 6.07) is 17.9. The molecule has 5 nitrogen and oxygen atoms in total. The Hall–Kier alpha value is -4.59. The number of aromatic nitrogens is 1. The van der Waals surface area contributed by atoms with Crippen LogP contribution in [0.25, 0.3) is 22.0 Å². The lowest BCUT2D eigenvalue weighted by Crippen LogP contribution is -2.31. The molecule has 0 aliphatic carbocycles. The van der Waals surface area contributed by atoms with Crippen molar-refractivity contribution < 1.29 is 27.9 Å². The highest BCUT2D eigenvalue weighted by Crippen LogP contribution is 2.38. The number of nitrogens with zero attached hydrogens (tertiary/aromatic N) is 2. The Labute approximate surface area is 203 Å². The number of carbonyl (C=O) groups is 2. The van der Waals surface area contributed by atoms with Crippen LogP contribution in [0.4, 0.5) is 13.2 Å². The zero-order valence-electron chi connectivity index (χ0n) is 18.5. The van der Waals surface area contributed by atoms with Crippen LogP contribution in [-0.4, -0.2) is 28.1 Å². The molecule has 5 rings (SSSR count). The molecule has 36 heavy (non-hydrogen) atoms. The number of Topliss-reactive ketones (excluding diaryl/α,β-unsaturated/α-hetero) is 1. The molecule has 1 atom stereocenters. The summed E-state index contributed by atoms with van der Waals surface area (Å²) >= 11 is 0. The molecular weight excluding hydrogens is 469 g/mol. The van der Waals surface area contributed by atoms with E-state index in [1.54, 1.807) is 54.6 Å². The number of fused-ring (bicyclic) bond motifs is 1. The van der Waals surface area contributed by atoms with Gasteiger partial charge in [-0.2, -0.15) is 13.2 Å². The molecule has 1 unspecified atom stereocenters. The molecule has 1 aromatic heterocycles. The minimum atomic E-state index is -4.46. The first kappa shape index (κ1) is 23.2. The second kappa shape index (κ2) is 8.57. The SMILES string of the molecule is O=C(O)c1cnc2cc(C3(C(=O)c4ccccc4-c4ccc(C(F)(F)F)cc4)C=CC=N3)ccc2c1. The van der Waals surface area contributed by atoms with Crippen LogP contribution in [0, 0.1) is 0 Å². The van der Waals surface area contributed by atoms with Gasteiger partial charge in [-0.15, -0.1) is 0 Å². The number of carboxylic acid groups (broad SMARTS) is 1. The Morgan fingerprint density at radius 1 is 0.917 bits per heavy atom. The summed E-state index contributed by atoms with van der Waals surface area (Å²) in [7, 11) is 0. The van der Waals surface area contributed by atoms with Crippen molar-refractivity contribution in [2.75, 3.05) is 0 Å². The third-order valence-electron chi connectivity index (χ3n) is 6.11. The maximum Gasteiger partial charge on any atom is 0.416 e. The quantitative estimate of drug-likeness (QED) is 0.334. The molecule has 0 radical (unpaired) electrons. The molecular formula is C28H17F3N2O3. The van der Waals surface area contributed by atoms with Crippen molar-refractivity contribution in [2.24, 2.45) is 4.99 Å². The summed E-state index contributed by atoms with van der Waals surface area (Å²) < 4.78 is 39.1. The molecule has 8 heteroatoms. The summed E-state index contributed by atoms with van der Waals surface area (Å²) in [4.78, 5) is 34.0. The van der Waals surface area contributed by atoms with E-state index in [4.69, 9.17) is 0 Å². The van der Waals surface area contributed by atoms with Gasteiger partial charge in [0.2, 0.25) is 0 Å². The van der Waals surface area contributed by atoms with Gasteiger partial charge in [-0.1, -0.05) is 48.5 Å². The van der Waals surface area contributed by atoms with Crippen LogP contribution in [0.3, 0.4) is 0 Å². The third kappa shape index (κ3) is 3.96. The molecule has 0 amide bonds. The van der Waals surface area contributed by atoms with Crippen LogP contribution in [0.5, 0.6) is 0 Å². The minimum absolute atomic E-state index is 0.0466. The number of pyridine rings is 1. The summed E-state index contributed by atoms with van der Waals surface area (Å²) in [6.07, 6.45) is 1.62. The Morgan fingerprint density at radius 2 is 1.67 bits per heavy atom. The standard InChI is InChI=1S/C28H17F3N2O3/c29-28(30,31)20-9-6-17(7-10-20)22-4-1-2-5-23(22)25(34)27(12-3-13-33-27)21-11-8-18-14-19(26(35)36)16-32-24(18)15-21/h1-16H,(H,35,36). The number of carboxylic acids is 1. The second-order valence-electron chi connectivity index (χ2n) is 8.29. The first-order valence-corrected chi connectivity index (χ1v) is 10.9. The third-order valence-corrected chi connectivity index (χ3v) is 6.11. The smallest absolute Gasteiger partial charge is 0.416 e. The van der Waals surface area contributed by atoms with E-state index in [1.807, 2.05) is 0 Å². The Morgan fingerprint density at radius 3 is 2.33 bits per heavy atom. The fourth-order valence-electron chi connectivity index (χ4n) is 4.27. The average Bonchev–Trinajstić information content (AvgIpc) is 3.38. The highest BCUT2D eigenvalue weighted by Gasteiger charge is 2.40. The number of carbonyl (C=O) groups excluding carboxylic acids is 1. The van der Waals surface area contributed by atoms with Gasteiger partial charge in [-0.05, 0) is 53.1 Å². The lowest BCUT2D eigenvalue weighted by molar-refractivity contribution is -0.137. The monoisotopic (exact) mass is 486 g/mol. The van der Waals surface area contributed by atoms with E-state index >= 15 is 0 Å². The lowest BCUT2D eigenvalue weighted by Gasteiger charge is -2.25. The summed E-state index contributed by atoms with van der Waals surface area (Å²) in [5.74, 6) is -1.45. The molecule has 1 N–H and O–H groups in total. The first-order chi connectivity index (χ1) is 17.2. The van der Waals surface area contributed by atoms with Crippen molar-refractivity contribution in [3.05, 3.63) is 113 Å². The van der Waals surface area contributed by atoms with Gasteiger partial charge in [0.15, 0.2) is 11.3 Å². The summed E-state index contributed by atoms with van der Waals surface area (Å²) in [6.45, 7) is 0. The number of rotatable bonds is 5. The number of aromatic carboxylic acids is 1. The number of allylic oxidation sites excluding steroid dienone is 1. The van der Waals surface area contributed by atoms with Crippen molar-refractivity contribution in [1.29, 1.82) is 0 Å². The molecule has 0 saturated heterocycles. The molecule has 0 spiro atoms. The molecule has 1 aliphatic rings. The Bertz CT molecular complexity index is 1560. The molecule has 4 aromatic rings. The van der Waals surface area contributed by atoms with Crippen LogP contribution in [-0.2, 0) is 11.7 Å². The lowest BCUT2D eigenvalue weighted by atomic mass is 9.81. The number of hydrogen-bond acceptors (Lipinski definition) is 4. The number of halogens is 3. The van der Waals surface area contributed by atoms with E-state index in [2.05, 4.69) is 9.98 Å². The van der Waals surface area contributed by atoms with Gasteiger partial charge in [0.25, 0.3) is 0 Å². The predicted octanol–water partition coefficient (Wildman–Crippen LogP) is 6.34. The van der Waals surface area contributed by atoms with E-state index in [0.717, 1.165) is 12.1 Å². The van der Waals surface area contributed by atoms with Crippen molar-refractivity contribution >= 4 is 28.9 Å². The molecule has 0 fully saturated rings. The van der Waals surface area contributed by atoms with Crippen molar-refractivity contribution in [2.45, 2.75) is 11.7 Å². The average molecular weight is 486 g/mol. The van der Waals surface area contributed by atoms with E-state index in [1.165, 1.54) is 30.6 Å². The second-order valence-corrected chi connectivity index (χ2v) is 8.29. The van der Waals surface area contributed by atoms with Gasteiger partial charge < -0.3 is 5.11 Å². The minimum Gasteiger partial charge on any atom is -0.478 e. The highest BCUT2D eigenvalue weighted by molar-refractivity contribution is 6.11. The largest absolute Gasteiger partial charge is 0.478 e. The first-order valence-electron chi connectivity index (χ1n) is 10.9. The number of hydrogen-bond donors (Lipinski definition) is 1. The van der Waals surface area contributed by atoms with Gasteiger partial charge in [-0.3, -0.25) is 14.8 Å². The molecule has 178 valence electrons. The van der Waals surface area contributed by atoms with Crippen LogP contribution >= 0.6 is 0 Å². The van der Waals surface area contributed by atoms with Crippen molar-refractivity contribution in [3.8, 4) is 11.1 Å². The molecule has 1 aliphatic heterocycles. The number of aliphatic imine (C=N–C) groups is 1. The predicted molar refractivity (Wildman–Crippen MR) is 129 cm³/mol. The number of ketones is 1. The maximum absolute atomic E-state index is 14.0. The zero-order valence-corrected chi connectivity index (χ0v) is 18.5. The van der Waals surface area contributed by atoms with E-state index in [-0.39, 0.29) is 11.3 Å². The summed E-state index contributed by atoms with van der Waals surface area (Å²) in [5, 5.41) is 9.81. The van der Waals surface area contributed by atoms with Gasteiger partial charge in [0, 0.05) is 23.4 Å². The Balaban J connectivity index is 1.59. The topological polar surface area (TPSA) is 79.6 Å².